The number of ether oxygens (including phenoxy) is 1. The van der Waals surface area contributed by atoms with Crippen molar-refractivity contribution in [1.82, 2.24) is 0 Å². The van der Waals surface area contributed by atoms with Crippen molar-refractivity contribution in [3.05, 3.63) is 144 Å². The van der Waals surface area contributed by atoms with E-state index in [4.69, 9.17) is 9.84 Å². The van der Waals surface area contributed by atoms with Gasteiger partial charge < -0.3 is 4.74 Å². The number of hydrogen-bond donors (Lipinski definition) is 0. The van der Waals surface area contributed by atoms with Crippen molar-refractivity contribution >= 4 is 44.6 Å². The third-order valence-corrected chi connectivity index (χ3v) is 8.12. The van der Waals surface area contributed by atoms with Gasteiger partial charge in [-0.05, 0) is 75.5 Å². The summed E-state index contributed by atoms with van der Waals surface area (Å²) in [4.78, 5) is 12.9. The Morgan fingerprint density at radius 2 is 1.19 bits per heavy atom. The van der Waals surface area contributed by atoms with E-state index < -0.39 is 0 Å². The van der Waals surface area contributed by atoms with E-state index in [0.29, 0.717) is 12.2 Å². The van der Waals surface area contributed by atoms with Crippen LogP contribution < -0.4 is 5.01 Å². The zero-order chi connectivity index (χ0) is 29.2. The van der Waals surface area contributed by atoms with Gasteiger partial charge in [0.05, 0.1) is 29.3 Å². The van der Waals surface area contributed by atoms with Gasteiger partial charge in [-0.3, -0.25) is 0 Å². The zero-order valence-electron chi connectivity index (χ0n) is 24.2. The summed E-state index contributed by atoms with van der Waals surface area (Å²) in [5, 5.41) is 12.1. The summed E-state index contributed by atoms with van der Waals surface area (Å²) in [6, 6.07) is 43.8. The van der Waals surface area contributed by atoms with Gasteiger partial charge in [0, 0.05) is 11.1 Å². The Kier molecular flexibility index (Phi) is 7.18. The number of nitrogens with zero attached hydrogens (tertiary/aromatic N) is 2. The number of esters is 1. The van der Waals surface area contributed by atoms with Crippen LogP contribution in [0.25, 0.3) is 32.7 Å². The lowest BCUT2D eigenvalue weighted by molar-refractivity contribution is 0.0498. The highest BCUT2D eigenvalue weighted by molar-refractivity contribution is 6.25. The maximum atomic E-state index is 12.9. The molecular formula is C39H32N2O2. The van der Waals surface area contributed by atoms with E-state index >= 15 is 0 Å². The number of carbonyl (C=O) groups excluding carboxylic acids is 1. The number of fused-ring (bicyclic) bond motifs is 5. The normalized spacial score (nSPS) is 12.8. The number of carbonyl (C=O) groups is 1. The molecule has 4 nitrogen and oxygen atoms in total. The van der Waals surface area contributed by atoms with E-state index in [1.165, 1.54) is 10.8 Å². The molecule has 0 heterocycles. The third-order valence-electron chi connectivity index (χ3n) is 8.12. The molecule has 0 spiro atoms. The van der Waals surface area contributed by atoms with E-state index in [-0.39, 0.29) is 5.97 Å². The van der Waals surface area contributed by atoms with E-state index in [1.807, 2.05) is 35.3 Å². The first-order chi connectivity index (χ1) is 21.2. The molecule has 1 aliphatic carbocycles. The molecule has 43 heavy (non-hydrogen) atoms. The van der Waals surface area contributed by atoms with Crippen LogP contribution in [0, 0.1) is 0 Å². The minimum Gasteiger partial charge on any atom is -0.462 e. The summed E-state index contributed by atoms with van der Waals surface area (Å²) in [6.07, 6.45) is 3.02. The molecule has 6 aromatic carbocycles. The second-order valence-electron chi connectivity index (χ2n) is 11.0. The first kappa shape index (κ1) is 26.7. The van der Waals surface area contributed by atoms with Gasteiger partial charge in [-0.2, -0.15) is 5.10 Å². The van der Waals surface area contributed by atoms with Crippen molar-refractivity contribution in [3.8, 4) is 11.1 Å². The van der Waals surface area contributed by atoms with Gasteiger partial charge in [0.1, 0.15) is 0 Å². The van der Waals surface area contributed by atoms with Crippen molar-refractivity contribution in [2.45, 2.75) is 26.2 Å². The van der Waals surface area contributed by atoms with Crippen LogP contribution in [0.3, 0.4) is 0 Å². The lowest BCUT2D eigenvalue weighted by Crippen LogP contribution is -2.14. The fourth-order valence-electron chi connectivity index (χ4n) is 5.86. The number of hydrazone groups is 1. The zero-order valence-corrected chi connectivity index (χ0v) is 24.2. The third kappa shape index (κ3) is 5.17. The second-order valence-corrected chi connectivity index (χ2v) is 11.0. The molecule has 6 aromatic rings. The standard InChI is InChI=1S/C39H32N2O2/c1-2-3-10-23-43-39(42)31-19-22-36-37(26-31)34-15-8-9-16-35(34)38(36)40-41(32-20-17-27-11-4-6-13-29(27)24-32)33-21-18-28-12-5-7-14-30(28)25-33/h4-9,11-22,24-26H,2-3,10,23H2,1H3/b40-38-. The Morgan fingerprint density at radius 3 is 1.84 bits per heavy atom. The van der Waals surface area contributed by atoms with Crippen LogP contribution in [0.2, 0.25) is 0 Å². The van der Waals surface area contributed by atoms with Crippen LogP contribution in [0.5, 0.6) is 0 Å². The SMILES string of the molecule is CCCCCOC(=O)c1ccc2c(c1)-c1ccccc1/C2=N/N(c1ccc2ccccc2c1)c1ccc2ccccc2c1. The molecule has 0 fully saturated rings. The minimum atomic E-state index is -0.282. The first-order valence-corrected chi connectivity index (χ1v) is 15.0. The smallest absolute Gasteiger partial charge is 0.338 e. The number of unbranched alkanes of at least 4 members (excludes halogenated alkanes) is 2. The van der Waals surface area contributed by atoms with Gasteiger partial charge in [-0.25, -0.2) is 9.80 Å². The molecule has 0 atom stereocenters. The molecule has 7 rings (SSSR count). The number of rotatable bonds is 8. The fraction of sp³-hybridized carbons (Fsp3) is 0.128. The molecule has 0 unspecified atom stereocenters. The molecule has 0 aromatic heterocycles. The van der Waals surface area contributed by atoms with Gasteiger partial charge in [-0.15, -0.1) is 0 Å². The molecule has 0 saturated heterocycles. The van der Waals surface area contributed by atoms with Crippen LogP contribution in [-0.4, -0.2) is 18.3 Å². The van der Waals surface area contributed by atoms with E-state index in [0.717, 1.165) is 69.4 Å². The monoisotopic (exact) mass is 560 g/mol. The molecule has 0 saturated carbocycles. The predicted molar refractivity (Wildman–Crippen MR) is 177 cm³/mol. The second kappa shape index (κ2) is 11.6. The summed E-state index contributed by atoms with van der Waals surface area (Å²) >= 11 is 0. The summed E-state index contributed by atoms with van der Waals surface area (Å²) in [5.74, 6) is -0.282. The predicted octanol–water partition coefficient (Wildman–Crippen LogP) is 9.91. The number of anilines is 2. The van der Waals surface area contributed by atoms with Gasteiger partial charge >= 0.3 is 5.97 Å². The summed E-state index contributed by atoms with van der Waals surface area (Å²) < 4.78 is 5.58. The van der Waals surface area contributed by atoms with Crippen molar-refractivity contribution in [3.63, 3.8) is 0 Å². The Labute approximate surface area is 251 Å². The van der Waals surface area contributed by atoms with Crippen molar-refractivity contribution in [2.24, 2.45) is 5.10 Å². The molecule has 210 valence electrons. The van der Waals surface area contributed by atoms with Gasteiger partial charge in [-0.1, -0.05) is 111 Å². The van der Waals surface area contributed by atoms with Crippen LogP contribution in [-0.2, 0) is 4.74 Å². The van der Waals surface area contributed by atoms with Crippen molar-refractivity contribution in [1.29, 1.82) is 0 Å². The fourth-order valence-corrected chi connectivity index (χ4v) is 5.86. The van der Waals surface area contributed by atoms with Crippen LogP contribution in [0.1, 0.15) is 47.7 Å². The Morgan fingerprint density at radius 1 is 0.605 bits per heavy atom. The molecule has 0 bridgehead atoms. The average Bonchev–Trinajstić information content (AvgIpc) is 3.37. The molecular weight excluding hydrogens is 528 g/mol. The van der Waals surface area contributed by atoms with E-state index in [1.54, 1.807) is 0 Å². The van der Waals surface area contributed by atoms with Gasteiger partial charge in [0.2, 0.25) is 0 Å². The summed E-state index contributed by atoms with van der Waals surface area (Å²) in [6.45, 7) is 2.58. The van der Waals surface area contributed by atoms with Crippen LogP contribution in [0.4, 0.5) is 11.4 Å². The van der Waals surface area contributed by atoms with Gasteiger partial charge in [0.15, 0.2) is 0 Å². The maximum absolute atomic E-state index is 12.9. The molecule has 0 N–H and O–H groups in total. The van der Waals surface area contributed by atoms with E-state index in [2.05, 4.69) is 104 Å². The van der Waals surface area contributed by atoms with Crippen LogP contribution in [0.15, 0.2) is 132 Å². The Bertz CT molecular complexity index is 1930. The van der Waals surface area contributed by atoms with Crippen molar-refractivity contribution < 1.29 is 9.53 Å². The average molecular weight is 561 g/mol. The number of benzene rings is 6. The highest BCUT2D eigenvalue weighted by atomic mass is 16.5. The number of hydrogen-bond acceptors (Lipinski definition) is 4. The minimum absolute atomic E-state index is 0.282. The molecule has 0 radical (unpaired) electrons. The van der Waals surface area contributed by atoms with Gasteiger partial charge in [0.25, 0.3) is 0 Å². The molecule has 0 amide bonds. The van der Waals surface area contributed by atoms with E-state index in [9.17, 15) is 4.79 Å². The largest absolute Gasteiger partial charge is 0.462 e. The molecule has 1 aliphatic rings. The molecule has 4 heteroatoms. The highest BCUT2D eigenvalue weighted by Gasteiger charge is 2.27. The lowest BCUT2D eigenvalue weighted by Gasteiger charge is -2.22. The quantitative estimate of drug-likeness (QED) is 0.106. The summed E-state index contributed by atoms with van der Waals surface area (Å²) in [5.41, 5.74) is 7.47. The molecule has 0 aliphatic heterocycles. The van der Waals surface area contributed by atoms with Crippen LogP contribution >= 0.6 is 0 Å². The Hall–Kier alpha value is -5.22. The first-order valence-electron chi connectivity index (χ1n) is 15.0. The topological polar surface area (TPSA) is 41.9 Å². The highest BCUT2D eigenvalue weighted by Crippen LogP contribution is 2.40. The Balaban J connectivity index is 1.36. The maximum Gasteiger partial charge on any atom is 0.338 e. The lowest BCUT2D eigenvalue weighted by atomic mass is 10.0. The summed E-state index contributed by atoms with van der Waals surface area (Å²) in [7, 11) is 0. The van der Waals surface area contributed by atoms with Crippen molar-refractivity contribution in [2.75, 3.05) is 11.6 Å².